The van der Waals surface area contributed by atoms with Crippen LogP contribution in [0.1, 0.15) is 5.56 Å². The number of hydrogen-bond acceptors (Lipinski definition) is 4. The van der Waals surface area contributed by atoms with Gasteiger partial charge in [0.05, 0.1) is 25.9 Å². The molecule has 1 atom stereocenters. The number of likely N-dealkylation sites (N-methyl/N-ethyl adjacent to an activating group) is 1. The highest BCUT2D eigenvalue weighted by atomic mass is 16.5. The van der Waals surface area contributed by atoms with Crippen molar-refractivity contribution >= 4 is 5.69 Å². The maximum Gasteiger partial charge on any atom is 0.0935 e. The molecule has 1 aliphatic rings. The zero-order valence-electron chi connectivity index (χ0n) is 11.0. The first kappa shape index (κ1) is 13.3. The summed E-state index contributed by atoms with van der Waals surface area (Å²) in [4.78, 5) is 2.27. The zero-order chi connectivity index (χ0) is 12.8. The normalized spacial score (nSPS) is 21.1. The van der Waals surface area contributed by atoms with Gasteiger partial charge >= 0.3 is 0 Å². The lowest BCUT2D eigenvalue weighted by Gasteiger charge is -2.29. The maximum absolute atomic E-state index is 5.88. The van der Waals surface area contributed by atoms with Crippen LogP contribution in [0.15, 0.2) is 24.3 Å². The van der Waals surface area contributed by atoms with E-state index in [1.54, 1.807) is 0 Å². The van der Waals surface area contributed by atoms with Crippen LogP contribution in [0.2, 0.25) is 0 Å². The average Bonchev–Trinajstić information content (AvgIpc) is 2.37. The number of ether oxygens (including phenoxy) is 2. The summed E-state index contributed by atoms with van der Waals surface area (Å²) in [5.41, 5.74) is 7.87. The predicted octanol–water partition coefficient (Wildman–Crippen LogP) is 1.16. The number of benzene rings is 1. The minimum atomic E-state index is 0.205. The smallest absolute Gasteiger partial charge is 0.0935 e. The van der Waals surface area contributed by atoms with Gasteiger partial charge in [-0.2, -0.15) is 0 Å². The van der Waals surface area contributed by atoms with Gasteiger partial charge in [-0.1, -0.05) is 18.2 Å². The Kier molecular flexibility index (Phi) is 4.99. The highest BCUT2D eigenvalue weighted by Gasteiger charge is 2.17. The van der Waals surface area contributed by atoms with Crippen LogP contribution < -0.4 is 5.73 Å². The van der Waals surface area contributed by atoms with Gasteiger partial charge in [-0.3, -0.25) is 0 Å². The van der Waals surface area contributed by atoms with Crippen LogP contribution in [0, 0.1) is 0 Å². The Bertz CT molecular complexity index is 371. The molecule has 100 valence electrons. The SMILES string of the molecule is CN1CCOC(COCCc2ccccc2N)C1. The van der Waals surface area contributed by atoms with Gasteiger partial charge in [0, 0.05) is 18.8 Å². The standard InChI is InChI=1S/C14H22N2O2/c1-16-7-9-18-13(10-16)11-17-8-6-12-4-2-3-5-14(12)15/h2-5,13H,6-11,15H2,1H3. The van der Waals surface area contributed by atoms with E-state index < -0.39 is 0 Å². The number of para-hydroxylation sites is 1. The molecule has 0 spiro atoms. The number of rotatable bonds is 5. The summed E-state index contributed by atoms with van der Waals surface area (Å²) in [5.74, 6) is 0. The Labute approximate surface area is 109 Å². The molecule has 0 bridgehead atoms. The van der Waals surface area contributed by atoms with Gasteiger partial charge in [-0.25, -0.2) is 0 Å². The Morgan fingerprint density at radius 2 is 2.28 bits per heavy atom. The summed E-state index contributed by atoms with van der Waals surface area (Å²) in [6.07, 6.45) is 1.06. The van der Waals surface area contributed by atoms with Crippen molar-refractivity contribution in [2.24, 2.45) is 0 Å². The molecule has 2 rings (SSSR count). The number of morpholine rings is 1. The van der Waals surface area contributed by atoms with E-state index in [0.29, 0.717) is 13.2 Å². The molecule has 1 saturated heterocycles. The Morgan fingerprint density at radius 1 is 1.44 bits per heavy atom. The number of nitrogen functional groups attached to an aromatic ring is 1. The minimum Gasteiger partial charge on any atom is -0.399 e. The van der Waals surface area contributed by atoms with Crippen LogP contribution >= 0.6 is 0 Å². The molecule has 1 aromatic rings. The largest absolute Gasteiger partial charge is 0.399 e. The topological polar surface area (TPSA) is 47.7 Å². The molecule has 1 unspecified atom stereocenters. The van der Waals surface area contributed by atoms with Crippen LogP contribution in [0.5, 0.6) is 0 Å². The monoisotopic (exact) mass is 250 g/mol. The maximum atomic E-state index is 5.88. The number of nitrogens with zero attached hydrogens (tertiary/aromatic N) is 1. The van der Waals surface area contributed by atoms with Crippen molar-refractivity contribution < 1.29 is 9.47 Å². The van der Waals surface area contributed by atoms with Crippen LogP contribution in [0.3, 0.4) is 0 Å². The van der Waals surface area contributed by atoms with Crippen LogP contribution in [-0.2, 0) is 15.9 Å². The molecule has 0 amide bonds. The molecule has 4 nitrogen and oxygen atoms in total. The second-order valence-corrected chi connectivity index (χ2v) is 4.78. The van der Waals surface area contributed by atoms with Crippen molar-refractivity contribution in [3.05, 3.63) is 29.8 Å². The van der Waals surface area contributed by atoms with E-state index in [1.807, 2.05) is 24.3 Å². The quantitative estimate of drug-likeness (QED) is 0.629. The molecule has 4 heteroatoms. The van der Waals surface area contributed by atoms with Gasteiger partial charge in [0.1, 0.15) is 0 Å². The van der Waals surface area contributed by atoms with E-state index in [9.17, 15) is 0 Å². The van der Waals surface area contributed by atoms with Crippen molar-refractivity contribution in [3.63, 3.8) is 0 Å². The molecule has 1 aromatic carbocycles. The third-order valence-corrected chi connectivity index (χ3v) is 3.22. The van der Waals surface area contributed by atoms with Crippen LogP contribution in [0.25, 0.3) is 0 Å². The molecular formula is C14H22N2O2. The third-order valence-electron chi connectivity index (χ3n) is 3.22. The minimum absolute atomic E-state index is 0.205. The zero-order valence-corrected chi connectivity index (χ0v) is 11.0. The van der Waals surface area contributed by atoms with Gasteiger partial charge in [0.15, 0.2) is 0 Å². The van der Waals surface area contributed by atoms with Crippen molar-refractivity contribution in [3.8, 4) is 0 Å². The van der Waals surface area contributed by atoms with E-state index in [0.717, 1.165) is 37.4 Å². The number of hydrogen-bond donors (Lipinski definition) is 1. The highest BCUT2D eigenvalue weighted by Crippen LogP contribution is 2.11. The second-order valence-electron chi connectivity index (χ2n) is 4.78. The molecule has 0 aliphatic carbocycles. The van der Waals surface area contributed by atoms with Crippen LogP contribution in [0.4, 0.5) is 5.69 Å². The fourth-order valence-corrected chi connectivity index (χ4v) is 2.13. The van der Waals surface area contributed by atoms with Crippen molar-refractivity contribution in [1.82, 2.24) is 4.90 Å². The summed E-state index contributed by atoms with van der Waals surface area (Å²) in [5, 5.41) is 0. The lowest BCUT2D eigenvalue weighted by molar-refractivity contribution is -0.0626. The fourth-order valence-electron chi connectivity index (χ4n) is 2.13. The molecule has 0 radical (unpaired) electrons. The molecule has 1 aliphatic heterocycles. The van der Waals surface area contributed by atoms with Gasteiger partial charge in [-0.05, 0) is 25.1 Å². The predicted molar refractivity (Wildman–Crippen MR) is 72.6 cm³/mol. The van der Waals surface area contributed by atoms with Crippen molar-refractivity contribution in [2.75, 3.05) is 45.7 Å². The molecule has 2 N–H and O–H groups in total. The van der Waals surface area contributed by atoms with Gasteiger partial charge in [-0.15, -0.1) is 0 Å². The van der Waals surface area contributed by atoms with E-state index in [1.165, 1.54) is 0 Å². The van der Waals surface area contributed by atoms with E-state index in [2.05, 4.69) is 11.9 Å². The third kappa shape index (κ3) is 3.98. The molecular weight excluding hydrogens is 228 g/mol. The molecule has 0 saturated carbocycles. The van der Waals surface area contributed by atoms with Gasteiger partial charge in [0.25, 0.3) is 0 Å². The summed E-state index contributed by atoms with van der Waals surface area (Å²) in [6, 6.07) is 7.93. The summed E-state index contributed by atoms with van der Waals surface area (Å²) in [7, 11) is 2.11. The first-order chi connectivity index (χ1) is 8.75. The first-order valence-electron chi connectivity index (χ1n) is 6.47. The van der Waals surface area contributed by atoms with Gasteiger partial charge in [0.2, 0.25) is 0 Å². The van der Waals surface area contributed by atoms with Crippen molar-refractivity contribution in [1.29, 1.82) is 0 Å². The lowest BCUT2D eigenvalue weighted by Crippen LogP contribution is -2.42. The van der Waals surface area contributed by atoms with Gasteiger partial charge < -0.3 is 20.1 Å². The Balaban J connectivity index is 1.65. The fraction of sp³-hybridized carbons (Fsp3) is 0.571. The molecule has 18 heavy (non-hydrogen) atoms. The Morgan fingerprint density at radius 3 is 3.06 bits per heavy atom. The number of nitrogens with two attached hydrogens (primary N) is 1. The van der Waals surface area contributed by atoms with E-state index in [4.69, 9.17) is 15.2 Å². The molecule has 0 aromatic heterocycles. The molecule has 1 heterocycles. The van der Waals surface area contributed by atoms with Crippen LogP contribution in [-0.4, -0.2) is 51.0 Å². The van der Waals surface area contributed by atoms with Crippen molar-refractivity contribution in [2.45, 2.75) is 12.5 Å². The lowest BCUT2D eigenvalue weighted by atomic mass is 10.1. The van der Waals surface area contributed by atoms with E-state index >= 15 is 0 Å². The highest BCUT2D eigenvalue weighted by molar-refractivity contribution is 5.46. The molecule has 1 fully saturated rings. The average molecular weight is 250 g/mol. The van der Waals surface area contributed by atoms with E-state index in [-0.39, 0.29) is 6.10 Å². The Hall–Kier alpha value is -1.10. The number of anilines is 1. The summed E-state index contributed by atoms with van der Waals surface area (Å²) < 4.78 is 11.3. The second kappa shape index (κ2) is 6.73. The first-order valence-corrected chi connectivity index (χ1v) is 6.47. The summed E-state index contributed by atoms with van der Waals surface area (Å²) >= 11 is 0. The summed E-state index contributed by atoms with van der Waals surface area (Å²) in [6.45, 7) is 4.12.